The van der Waals surface area contributed by atoms with E-state index in [1.54, 1.807) is 6.20 Å². The van der Waals surface area contributed by atoms with Gasteiger partial charge in [0.2, 0.25) is 0 Å². The zero-order chi connectivity index (χ0) is 18.8. The number of thiazole rings is 1. The molecule has 0 saturated carbocycles. The van der Waals surface area contributed by atoms with Gasteiger partial charge in [0.1, 0.15) is 16.1 Å². The maximum Gasteiger partial charge on any atom is 0.326 e. The smallest absolute Gasteiger partial charge is 0.326 e. The van der Waals surface area contributed by atoms with E-state index in [-0.39, 0.29) is 23.9 Å². The summed E-state index contributed by atoms with van der Waals surface area (Å²) in [5.41, 5.74) is -1.49. The van der Waals surface area contributed by atoms with Gasteiger partial charge in [0.15, 0.2) is 0 Å². The molecule has 6 nitrogen and oxygen atoms in total. The van der Waals surface area contributed by atoms with Crippen molar-refractivity contribution in [1.29, 1.82) is 0 Å². The minimum Gasteiger partial charge on any atom is -0.468 e. The molecule has 25 heavy (non-hydrogen) atoms. The maximum absolute atomic E-state index is 12.8. The molecular weight excluding hydrogens is 340 g/mol. The van der Waals surface area contributed by atoms with Crippen LogP contribution in [0, 0.1) is 11.8 Å². The molecule has 1 aliphatic rings. The number of rotatable bonds is 5. The van der Waals surface area contributed by atoms with E-state index < -0.39 is 17.1 Å². The highest BCUT2D eigenvalue weighted by Crippen LogP contribution is 2.43. The van der Waals surface area contributed by atoms with Crippen LogP contribution >= 0.6 is 11.3 Å². The van der Waals surface area contributed by atoms with Gasteiger partial charge in [-0.2, -0.15) is 0 Å². The molecule has 0 amide bonds. The van der Waals surface area contributed by atoms with Crippen LogP contribution in [0.4, 0.5) is 0 Å². The molecule has 2 heterocycles. The van der Waals surface area contributed by atoms with Crippen molar-refractivity contribution in [3.05, 3.63) is 16.6 Å². The van der Waals surface area contributed by atoms with Crippen LogP contribution in [-0.2, 0) is 19.1 Å². The van der Waals surface area contributed by atoms with Crippen molar-refractivity contribution in [1.82, 2.24) is 10.3 Å². The molecule has 1 fully saturated rings. The Labute approximate surface area is 153 Å². The molecule has 0 unspecified atom stereocenters. The number of carbonyl (C=O) groups is 2. The average molecular weight is 368 g/mol. The maximum atomic E-state index is 12.8. The van der Waals surface area contributed by atoms with E-state index in [4.69, 9.17) is 9.47 Å². The minimum atomic E-state index is -0.902. The third kappa shape index (κ3) is 4.58. The van der Waals surface area contributed by atoms with Gasteiger partial charge >= 0.3 is 11.9 Å². The summed E-state index contributed by atoms with van der Waals surface area (Å²) in [5.74, 6) is -0.868. The Morgan fingerprint density at radius 2 is 2.12 bits per heavy atom. The van der Waals surface area contributed by atoms with Gasteiger partial charge in [0.25, 0.3) is 0 Å². The zero-order valence-corrected chi connectivity index (χ0v) is 16.6. The van der Waals surface area contributed by atoms with E-state index in [1.807, 2.05) is 40.0 Å². The van der Waals surface area contributed by atoms with Crippen molar-refractivity contribution in [2.75, 3.05) is 7.11 Å². The van der Waals surface area contributed by atoms with Gasteiger partial charge in [0, 0.05) is 11.6 Å². The highest BCUT2D eigenvalue weighted by atomic mass is 32.1. The standard InChI is InChI=1S/C18H28N2O4S/c1-11(2)9-18(16(22)23-6)10-12(15(21)24-17(3,4)5)13(20-18)14-19-7-8-25-14/h7-8,11-13,20H,9-10H2,1-6H3/t12-,13+,18-/m0/s1. The van der Waals surface area contributed by atoms with Gasteiger partial charge in [-0.15, -0.1) is 11.3 Å². The predicted molar refractivity (Wildman–Crippen MR) is 96.1 cm³/mol. The summed E-state index contributed by atoms with van der Waals surface area (Å²) in [6, 6.07) is -0.354. The van der Waals surface area contributed by atoms with Crippen molar-refractivity contribution in [3.63, 3.8) is 0 Å². The fraction of sp³-hybridized carbons (Fsp3) is 0.722. The van der Waals surface area contributed by atoms with Crippen molar-refractivity contribution in [2.45, 2.75) is 64.6 Å². The van der Waals surface area contributed by atoms with Crippen LogP contribution in [0.1, 0.15) is 58.5 Å². The third-order valence-corrected chi connectivity index (χ3v) is 5.02. The molecule has 140 valence electrons. The lowest BCUT2D eigenvalue weighted by Gasteiger charge is -2.29. The Hall–Kier alpha value is -1.47. The Morgan fingerprint density at radius 1 is 1.44 bits per heavy atom. The molecule has 0 aromatic carbocycles. The van der Waals surface area contributed by atoms with Crippen LogP contribution in [0.3, 0.4) is 0 Å². The Balaban J connectivity index is 2.38. The van der Waals surface area contributed by atoms with E-state index >= 15 is 0 Å². The number of ether oxygens (including phenoxy) is 2. The lowest BCUT2D eigenvalue weighted by Crippen LogP contribution is -2.49. The lowest BCUT2D eigenvalue weighted by atomic mass is 9.84. The molecule has 1 saturated heterocycles. The third-order valence-electron chi connectivity index (χ3n) is 4.16. The molecule has 0 radical (unpaired) electrons. The second kappa shape index (κ2) is 7.41. The first kappa shape index (κ1) is 19.8. The highest BCUT2D eigenvalue weighted by molar-refractivity contribution is 7.09. The molecule has 1 aromatic heterocycles. The van der Waals surface area contributed by atoms with E-state index in [9.17, 15) is 9.59 Å². The Morgan fingerprint density at radius 3 is 2.60 bits per heavy atom. The van der Waals surface area contributed by atoms with Crippen LogP contribution in [0.5, 0.6) is 0 Å². The summed E-state index contributed by atoms with van der Waals surface area (Å²) in [6.07, 6.45) is 2.63. The average Bonchev–Trinajstić information content (AvgIpc) is 3.11. The minimum absolute atomic E-state index is 0.265. The number of nitrogens with one attached hydrogen (secondary N) is 1. The molecular formula is C18H28N2O4S. The lowest BCUT2D eigenvalue weighted by molar-refractivity contribution is -0.160. The van der Waals surface area contributed by atoms with Crippen LogP contribution in [-0.4, -0.2) is 35.2 Å². The van der Waals surface area contributed by atoms with Gasteiger partial charge in [0.05, 0.1) is 19.1 Å². The second-order valence-corrected chi connectivity index (χ2v) is 8.93. The summed E-state index contributed by atoms with van der Waals surface area (Å²) in [5, 5.41) is 6.03. The van der Waals surface area contributed by atoms with Gasteiger partial charge in [-0.05, 0) is 39.5 Å². The van der Waals surface area contributed by atoms with Crippen molar-refractivity contribution >= 4 is 23.3 Å². The monoisotopic (exact) mass is 368 g/mol. The summed E-state index contributed by atoms with van der Waals surface area (Å²) in [4.78, 5) is 29.8. The van der Waals surface area contributed by atoms with Crippen molar-refractivity contribution in [2.24, 2.45) is 11.8 Å². The van der Waals surface area contributed by atoms with E-state index in [0.717, 1.165) is 5.01 Å². The zero-order valence-electron chi connectivity index (χ0n) is 15.8. The van der Waals surface area contributed by atoms with E-state index in [2.05, 4.69) is 10.3 Å². The first-order valence-electron chi connectivity index (χ1n) is 8.56. The molecule has 3 atom stereocenters. The van der Waals surface area contributed by atoms with Crippen molar-refractivity contribution < 1.29 is 19.1 Å². The topological polar surface area (TPSA) is 77.5 Å². The van der Waals surface area contributed by atoms with Crippen LogP contribution in [0.25, 0.3) is 0 Å². The molecule has 1 aliphatic heterocycles. The van der Waals surface area contributed by atoms with Gasteiger partial charge in [-0.3, -0.25) is 14.9 Å². The first-order chi connectivity index (χ1) is 11.6. The van der Waals surface area contributed by atoms with Crippen LogP contribution < -0.4 is 5.32 Å². The number of esters is 2. The number of aromatic nitrogens is 1. The summed E-state index contributed by atoms with van der Waals surface area (Å²) < 4.78 is 10.7. The largest absolute Gasteiger partial charge is 0.468 e. The summed E-state index contributed by atoms with van der Waals surface area (Å²) in [7, 11) is 1.38. The van der Waals surface area contributed by atoms with Crippen LogP contribution in [0.15, 0.2) is 11.6 Å². The van der Waals surface area contributed by atoms with E-state index in [0.29, 0.717) is 12.8 Å². The number of hydrogen-bond donors (Lipinski definition) is 1. The first-order valence-corrected chi connectivity index (χ1v) is 9.44. The summed E-state index contributed by atoms with van der Waals surface area (Å²) in [6.45, 7) is 9.62. The number of carbonyl (C=O) groups excluding carboxylic acids is 2. The molecule has 1 N–H and O–H groups in total. The molecule has 0 aliphatic carbocycles. The number of methoxy groups -OCH3 is 1. The Bertz CT molecular complexity index is 609. The molecule has 0 bridgehead atoms. The van der Waals surface area contributed by atoms with Gasteiger partial charge in [-0.25, -0.2) is 4.98 Å². The fourth-order valence-corrected chi connectivity index (χ4v) is 4.18. The van der Waals surface area contributed by atoms with Gasteiger partial charge in [-0.1, -0.05) is 13.8 Å². The fourth-order valence-electron chi connectivity index (χ4n) is 3.43. The molecule has 2 rings (SSSR count). The van der Waals surface area contributed by atoms with Gasteiger partial charge < -0.3 is 9.47 Å². The SMILES string of the molecule is COC(=O)[C@]1(CC(C)C)C[C@H](C(=O)OC(C)(C)C)[C@H](c2nccs2)N1. The van der Waals surface area contributed by atoms with Crippen molar-refractivity contribution in [3.8, 4) is 0 Å². The number of hydrogen-bond acceptors (Lipinski definition) is 7. The second-order valence-electron chi connectivity index (χ2n) is 8.01. The quantitative estimate of drug-likeness (QED) is 0.805. The molecule has 7 heteroatoms. The highest BCUT2D eigenvalue weighted by Gasteiger charge is 2.55. The Kier molecular flexibility index (Phi) is 5.89. The van der Waals surface area contributed by atoms with Crippen LogP contribution in [0.2, 0.25) is 0 Å². The predicted octanol–water partition coefficient (Wildman–Crippen LogP) is 3.09. The molecule has 0 spiro atoms. The number of nitrogens with zero attached hydrogens (tertiary/aromatic N) is 1. The normalized spacial score (nSPS) is 26.7. The molecule has 1 aromatic rings. The van der Waals surface area contributed by atoms with E-state index in [1.165, 1.54) is 18.4 Å². The summed E-state index contributed by atoms with van der Waals surface area (Å²) >= 11 is 1.46.